The Hall–Kier alpha value is -2.88. The minimum Gasteiger partial charge on any atom is -0.454 e. The van der Waals surface area contributed by atoms with Gasteiger partial charge in [0.1, 0.15) is 11.1 Å². The summed E-state index contributed by atoms with van der Waals surface area (Å²) in [6.45, 7) is -1.69. The quantitative estimate of drug-likeness (QED) is 0.554. The summed E-state index contributed by atoms with van der Waals surface area (Å²) in [4.78, 5) is 20.0. The van der Waals surface area contributed by atoms with E-state index in [9.17, 15) is 4.79 Å². The number of nitrogens with one attached hydrogen (secondary N) is 1. The lowest BCUT2D eigenvalue weighted by atomic mass is 9.94. The molecule has 1 N–H and O–H groups in total. The Morgan fingerprint density at radius 3 is 2.80 bits per heavy atom. The third kappa shape index (κ3) is 2.37. The molecule has 3 aromatic heterocycles. The van der Waals surface area contributed by atoms with Crippen molar-refractivity contribution in [3.63, 3.8) is 0 Å². The van der Waals surface area contributed by atoms with Crippen molar-refractivity contribution in [1.82, 2.24) is 9.97 Å². The Balaban J connectivity index is 2.21. The van der Waals surface area contributed by atoms with Gasteiger partial charge in [0.25, 0.3) is 5.56 Å². The van der Waals surface area contributed by atoms with Gasteiger partial charge >= 0.3 is 0 Å². The molecule has 0 aliphatic heterocycles. The van der Waals surface area contributed by atoms with Crippen LogP contribution in [-0.4, -0.2) is 9.97 Å². The van der Waals surface area contributed by atoms with E-state index in [1.54, 1.807) is 38.1 Å². The summed E-state index contributed by atoms with van der Waals surface area (Å²) in [6.07, 6.45) is 1.37. The molecule has 25 heavy (non-hydrogen) atoms. The van der Waals surface area contributed by atoms with Crippen LogP contribution in [0, 0.1) is 13.7 Å². The van der Waals surface area contributed by atoms with E-state index in [1.807, 2.05) is 0 Å². The number of para-hydroxylation sites is 1. The van der Waals surface area contributed by atoms with Crippen LogP contribution >= 0.6 is 0 Å². The molecule has 0 unspecified atom stereocenters. The Morgan fingerprint density at radius 1 is 1.20 bits per heavy atom. The molecule has 0 saturated heterocycles. The van der Waals surface area contributed by atoms with Gasteiger partial charge in [0.05, 0.1) is 11.3 Å². The van der Waals surface area contributed by atoms with Crippen molar-refractivity contribution in [3.8, 4) is 11.3 Å². The number of aromatic nitrogens is 2. The van der Waals surface area contributed by atoms with E-state index in [-0.39, 0.29) is 33.9 Å². The van der Waals surface area contributed by atoms with Gasteiger partial charge in [-0.3, -0.25) is 4.79 Å². The van der Waals surface area contributed by atoms with Crippen LogP contribution in [0.5, 0.6) is 0 Å². The van der Waals surface area contributed by atoms with Crippen molar-refractivity contribution in [3.05, 3.63) is 63.6 Å². The molecular weight excluding hydrogens is 312 g/mol. The molecule has 0 fully saturated rings. The van der Waals surface area contributed by atoms with Gasteiger partial charge in [-0.15, -0.1) is 0 Å². The van der Waals surface area contributed by atoms with Crippen molar-refractivity contribution in [2.75, 3.05) is 0 Å². The Labute approximate surface area is 154 Å². The number of fused-ring (bicyclic) bond motifs is 3. The molecule has 4 rings (SSSR count). The fourth-order valence-corrected chi connectivity index (χ4v) is 3.05. The average molecular weight is 338 g/mol. The van der Waals surface area contributed by atoms with E-state index in [0.717, 1.165) is 0 Å². The molecular formula is C21H20N2O2. The maximum Gasteiger partial charge on any atom is 0.257 e. The van der Waals surface area contributed by atoms with Gasteiger partial charge in [0, 0.05) is 19.8 Å². The van der Waals surface area contributed by atoms with E-state index in [2.05, 4.69) is 9.97 Å². The molecule has 0 bridgehead atoms. The number of furan rings is 1. The van der Waals surface area contributed by atoms with Crippen molar-refractivity contribution < 1.29 is 12.6 Å². The van der Waals surface area contributed by atoms with Crippen LogP contribution in [0.3, 0.4) is 0 Å². The Bertz CT molecular complexity index is 1360. The second-order valence-corrected chi connectivity index (χ2v) is 6.31. The van der Waals surface area contributed by atoms with Crippen molar-refractivity contribution in [2.24, 2.45) is 0 Å². The van der Waals surface area contributed by atoms with Gasteiger partial charge in [-0.25, -0.2) is 4.98 Å². The van der Waals surface area contributed by atoms with E-state index in [1.165, 1.54) is 12.3 Å². The first-order valence-corrected chi connectivity index (χ1v) is 7.99. The summed E-state index contributed by atoms with van der Waals surface area (Å²) in [5.74, 6) is -0.222. The SMILES string of the molecule is [2H]C([2H])([2H])c1cc2oc3ccccc3c2nc1-c1c(C([2H])([2H])[2H])c(C(C)C)c[nH]c1=O. The highest BCUT2D eigenvalue weighted by Gasteiger charge is 2.18. The minimum atomic E-state index is -2.65. The monoisotopic (exact) mass is 338 g/mol. The van der Waals surface area contributed by atoms with Crippen LogP contribution in [0.4, 0.5) is 0 Å². The molecule has 4 heteroatoms. The number of hydrogen-bond donors (Lipinski definition) is 1. The van der Waals surface area contributed by atoms with Crippen LogP contribution in [-0.2, 0) is 0 Å². The third-order valence-corrected chi connectivity index (χ3v) is 4.33. The van der Waals surface area contributed by atoms with E-state index in [0.29, 0.717) is 22.0 Å². The standard InChI is InChI=1S/C21H20N2O2/c1-11(2)15-10-22-21(24)18(13(15)4)19-12(3)9-17-20(23-19)14-7-5-6-8-16(14)25-17/h5-11H,1-4H3,(H,22,24)/i3D3,4D3. The Morgan fingerprint density at radius 2 is 2.04 bits per heavy atom. The number of hydrogen-bond acceptors (Lipinski definition) is 3. The predicted molar refractivity (Wildman–Crippen MR) is 101 cm³/mol. The third-order valence-electron chi connectivity index (χ3n) is 4.33. The normalized spacial score (nSPS) is 16.3. The van der Waals surface area contributed by atoms with Gasteiger partial charge in [-0.1, -0.05) is 26.0 Å². The number of pyridine rings is 2. The molecule has 0 atom stereocenters. The molecule has 3 heterocycles. The number of rotatable bonds is 2. The van der Waals surface area contributed by atoms with Crippen LogP contribution in [0.1, 0.15) is 44.7 Å². The second kappa shape index (κ2) is 5.59. The highest BCUT2D eigenvalue weighted by Crippen LogP contribution is 2.33. The zero-order chi connectivity index (χ0) is 22.7. The maximum atomic E-state index is 12.9. The zero-order valence-electron chi connectivity index (χ0n) is 19.8. The molecule has 0 aliphatic carbocycles. The topological polar surface area (TPSA) is 58.9 Å². The lowest BCUT2D eigenvalue weighted by Gasteiger charge is -2.14. The summed E-state index contributed by atoms with van der Waals surface area (Å²) in [6, 6.07) is 8.39. The summed E-state index contributed by atoms with van der Waals surface area (Å²) in [5.41, 5.74) is -0.0107. The van der Waals surface area contributed by atoms with Gasteiger partial charge in [-0.2, -0.15) is 0 Å². The summed E-state index contributed by atoms with van der Waals surface area (Å²) < 4.78 is 54.0. The molecule has 4 nitrogen and oxygen atoms in total. The summed E-state index contributed by atoms with van der Waals surface area (Å²) in [7, 11) is 0. The molecule has 1 aromatic carbocycles. The fraction of sp³-hybridized carbons (Fsp3) is 0.238. The number of benzene rings is 1. The number of H-pyrrole nitrogens is 1. The zero-order valence-corrected chi connectivity index (χ0v) is 13.8. The van der Waals surface area contributed by atoms with Crippen LogP contribution < -0.4 is 5.56 Å². The maximum absolute atomic E-state index is 12.9. The number of aryl methyl sites for hydroxylation is 1. The molecule has 0 aliphatic rings. The van der Waals surface area contributed by atoms with Gasteiger partial charge in [0.15, 0.2) is 5.58 Å². The largest absolute Gasteiger partial charge is 0.454 e. The average Bonchev–Trinajstić information content (AvgIpc) is 3.03. The van der Waals surface area contributed by atoms with Crippen LogP contribution in [0.2, 0.25) is 0 Å². The molecule has 0 amide bonds. The predicted octanol–water partition coefficient (Wildman–Crippen LogP) is 5.08. The first kappa shape index (κ1) is 10.2. The molecule has 0 spiro atoms. The summed E-state index contributed by atoms with van der Waals surface area (Å²) in [5, 5.41) is 0.641. The lowest BCUT2D eigenvalue weighted by molar-refractivity contribution is 0.668. The molecule has 0 radical (unpaired) electrons. The molecule has 0 saturated carbocycles. The van der Waals surface area contributed by atoms with Gasteiger partial charge < -0.3 is 9.40 Å². The highest BCUT2D eigenvalue weighted by atomic mass is 16.3. The number of aromatic amines is 1. The highest BCUT2D eigenvalue weighted by molar-refractivity contribution is 6.03. The van der Waals surface area contributed by atoms with Crippen molar-refractivity contribution in [1.29, 1.82) is 0 Å². The lowest BCUT2D eigenvalue weighted by Crippen LogP contribution is -2.14. The van der Waals surface area contributed by atoms with Gasteiger partial charge in [-0.05, 0) is 54.5 Å². The summed E-state index contributed by atoms with van der Waals surface area (Å²) >= 11 is 0. The van der Waals surface area contributed by atoms with E-state index >= 15 is 0 Å². The van der Waals surface area contributed by atoms with Gasteiger partial charge in [0.2, 0.25) is 0 Å². The first-order chi connectivity index (χ1) is 14.4. The first-order valence-electron chi connectivity index (χ1n) is 11.0. The number of nitrogens with zero attached hydrogens (tertiary/aromatic N) is 1. The van der Waals surface area contributed by atoms with Crippen LogP contribution in [0.15, 0.2) is 45.7 Å². The van der Waals surface area contributed by atoms with E-state index in [4.69, 9.17) is 12.6 Å². The van der Waals surface area contributed by atoms with Crippen LogP contribution in [0.25, 0.3) is 33.3 Å². The minimum absolute atomic E-state index is 0.172. The molecule has 4 aromatic rings. The van der Waals surface area contributed by atoms with Crippen molar-refractivity contribution >= 4 is 22.1 Å². The van der Waals surface area contributed by atoms with E-state index < -0.39 is 19.3 Å². The second-order valence-electron chi connectivity index (χ2n) is 6.31. The Kier molecular flexibility index (Phi) is 2.28. The fourth-order valence-electron chi connectivity index (χ4n) is 3.05. The molecule has 126 valence electrons. The smallest absolute Gasteiger partial charge is 0.257 e. The van der Waals surface area contributed by atoms with Crippen molar-refractivity contribution in [2.45, 2.75) is 33.5 Å².